The maximum absolute atomic E-state index is 13.7. The molecule has 1 N–H and O–H groups in total. The average Bonchev–Trinajstić information content (AvgIpc) is 2.95. The van der Waals surface area contributed by atoms with Crippen LogP contribution < -0.4 is 9.62 Å². The van der Waals surface area contributed by atoms with E-state index < -0.39 is 32.6 Å². The molecule has 0 spiro atoms. The first-order valence-electron chi connectivity index (χ1n) is 7.10. The molecule has 1 atom stereocenters. The second-order valence-electron chi connectivity index (χ2n) is 5.29. The molecule has 23 heavy (non-hydrogen) atoms. The van der Waals surface area contributed by atoms with Crippen molar-refractivity contribution in [2.45, 2.75) is 17.4 Å². The van der Waals surface area contributed by atoms with E-state index in [1.807, 2.05) is 17.0 Å². The molecule has 1 saturated heterocycles. The Balaban J connectivity index is 1.75. The van der Waals surface area contributed by atoms with Crippen molar-refractivity contribution in [3.05, 3.63) is 54.2 Å². The summed E-state index contributed by atoms with van der Waals surface area (Å²) >= 11 is 0. The smallest absolute Gasteiger partial charge is 0.246 e. The minimum atomic E-state index is -4.26. The Hall–Kier alpha value is -2.06. The molecule has 0 aliphatic carbocycles. The number of halogens is 2. The van der Waals surface area contributed by atoms with Gasteiger partial charge in [0.15, 0.2) is 4.90 Å². The van der Waals surface area contributed by atoms with Gasteiger partial charge in [-0.05, 0) is 30.7 Å². The Morgan fingerprint density at radius 2 is 1.87 bits per heavy atom. The Bertz CT molecular complexity index is 779. The third kappa shape index (κ3) is 3.32. The summed E-state index contributed by atoms with van der Waals surface area (Å²) in [7, 11) is -4.26. The van der Waals surface area contributed by atoms with Crippen LogP contribution in [0.2, 0.25) is 0 Å². The van der Waals surface area contributed by atoms with Crippen LogP contribution in [0.5, 0.6) is 0 Å². The van der Waals surface area contributed by atoms with Gasteiger partial charge < -0.3 is 4.90 Å². The lowest BCUT2D eigenvalue weighted by atomic mass is 10.3. The lowest BCUT2D eigenvalue weighted by Gasteiger charge is -2.18. The van der Waals surface area contributed by atoms with Gasteiger partial charge in [-0.2, -0.15) is 0 Å². The van der Waals surface area contributed by atoms with Crippen molar-refractivity contribution >= 4 is 15.8 Å². The second-order valence-corrected chi connectivity index (χ2v) is 6.94. The minimum absolute atomic E-state index is 0.395. The monoisotopic (exact) mass is 339 g/mol. The highest BCUT2D eigenvalue weighted by Crippen LogP contribution is 2.22. The number of hydrogen-bond donors (Lipinski definition) is 1. The van der Waals surface area contributed by atoms with Gasteiger partial charge in [-0.1, -0.05) is 12.1 Å². The maximum Gasteiger partial charge on any atom is 0.246 e. The molecular formula is C15H15F2N3O2S. The standard InChI is InChI=1S/C15H15F2N3O2S/c16-12-4-3-5-13(17)15(12)23(21,22)19-11-7-9-20(10-11)14-6-1-2-8-18-14/h1-6,8,11,19H,7,9-10H2. The van der Waals surface area contributed by atoms with E-state index in [1.54, 1.807) is 12.3 Å². The molecule has 3 rings (SSSR count). The molecule has 1 fully saturated rings. The summed E-state index contributed by atoms with van der Waals surface area (Å²) in [5, 5.41) is 0. The molecule has 2 aromatic rings. The molecule has 5 nitrogen and oxygen atoms in total. The van der Waals surface area contributed by atoms with Crippen LogP contribution in [0.4, 0.5) is 14.6 Å². The predicted molar refractivity (Wildman–Crippen MR) is 81.5 cm³/mol. The summed E-state index contributed by atoms with van der Waals surface area (Å²) in [6.07, 6.45) is 2.19. The van der Waals surface area contributed by atoms with Crippen LogP contribution in [0.25, 0.3) is 0 Å². The Morgan fingerprint density at radius 3 is 2.52 bits per heavy atom. The highest BCUT2D eigenvalue weighted by Gasteiger charge is 2.31. The number of pyridine rings is 1. The number of nitrogens with one attached hydrogen (secondary N) is 1. The largest absolute Gasteiger partial charge is 0.355 e. The van der Waals surface area contributed by atoms with Crippen LogP contribution in [-0.2, 0) is 10.0 Å². The van der Waals surface area contributed by atoms with Gasteiger partial charge >= 0.3 is 0 Å². The third-order valence-electron chi connectivity index (χ3n) is 3.67. The van der Waals surface area contributed by atoms with Gasteiger partial charge in [0.25, 0.3) is 0 Å². The molecule has 1 aromatic heterocycles. The molecule has 0 saturated carbocycles. The third-order valence-corrected chi connectivity index (χ3v) is 5.24. The molecule has 8 heteroatoms. The van der Waals surface area contributed by atoms with E-state index in [9.17, 15) is 17.2 Å². The molecule has 0 bridgehead atoms. The van der Waals surface area contributed by atoms with Crippen molar-refractivity contribution < 1.29 is 17.2 Å². The van der Waals surface area contributed by atoms with Crippen molar-refractivity contribution in [2.24, 2.45) is 0 Å². The van der Waals surface area contributed by atoms with Crippen LogP contribution in [-0.4, -0.2) is 32.5 Å². The molecule has 0 amide bonds. The summed E-state index contributed by atoms with van der Waals surface area (Å²) < 4.78 is 54.2. The zero-order chi connectivity index (χ0) is 16.4. The maximum atomic E-state index is 13.7. The van der Waals surface area contributed by atoms with Gasteiger partial charge in [-0.15, -0.1) is 0 Å². The van der Waals surface area contributed by atoms with Gasteiger partial charge in [-0.3, -0.25) is 0 Å². The van der Waals surface area contributed by atoms with E-state index in [2.05, 4.69) is 9.71 Å². The lowest BCUT2D eigenvalue weighted by Crippen LogP contribution is -2.38. The van der Waals surface area contributed by atoms with Gasteiger partial charge in [0.05, 0.1) is 0 Å². The summed E-state index contributed by atoms with van der Waals surface area (Å²) in [6.45, 7) is 1.01. The van der Waals surface area contributed by atoms with E-state index in [0.717, 1.165) is 24.0 Å². The molecular weight excluding hydrogens is 324 g/mol. The van der Waals surface area contributed by atoms with E-state index in [4.69, 9.17) is 0 Å². The van der Waals surface area contributed by atoms with Gasteiger partial charge in [0.1, 0.15) is 17.5 Å². The zero-order valence-electron chi connectivity index (χ0n) is 12.1. The molecule has 2 heterocycles. The topological polar surface area (TPSA) is 62.3 Å². The number of rotatable bonds is 4. The number of benzene rings is 1. The molecule has 0 radical (unpaired) electrons. The number of aromatic nitrogens is 1. The van der Waals surface area contributed by atoms with Crippen LogP contribution in [0.3, 0.4) is 0 Å². The second kappa shape index (κ2) is 6.21. The Labute approximate surface area is 133 Å². The van der Waals surface area contributed by atoms with Crippen LogP contribution in [0.1, 0.15) is 6.42 Å². The number of sulfonamides is 1. The minimum Gasteiger partial charge on any atom is -0.355 e. The van der Waals surface area contributed by atoms with Crippen molar-refractivity contribution in [2.75, 3.05) is 18.0 Å². The fourth-order valence-corrected chi connectivity index (χ4v) is 4.02. The first kappa shape index (κ1) is 15.8. The molecule has 122 valence electrons. The zero-order valence-corrected chi connectivity index (χ0v) is 12.9. The predicted octanol–water partition coefficient (Wildman–Crippen LogP) is 1.92. The molecule has 1 aromatic carbocycles. The van der Waals surface area contributed by atoms with E-state index in [1.165, 1.54) is 0 Å². The van der Waals surface area contributed by atoms with Gasteiger partial charge in [-0.25, -0.2) is 26.9 Å². The van der Waals surface area contributed by atoms with Crippen LogP contribution >= 0.6 is 0 Å². The summed E-state index contributed by atoms with van der Waals surface area (Å²) in [6, 6.07) is 8.00. The van der Waals surface area contributed by atoms with E-state index in [-0.39, 0.29) is 0 Å². The van der Waals surface area contributed by atoms with E-state index >= 15 is 0 Å². The Kier molecular flexibility index (Phi) is 4.27. The highest BCUT2D eigenvalue weighted by atomic mass is 32.2. The fraction of sp³-hybridized carbons (Fsp3) is 0.267. The first-order chi connectivity index (χ1) is 11.0. The fourth-order valence-electron chi connectivity index (χ4n) is 2.62. The summed E-state index contributed by atoms with van der Waals surface area (Å²) in [5.41, 5.74) is 0. The van der Waals surface area contributed by atoms with Crippen LogP contribution in [0.15, 0.2) is 47.5 Å². The normalized spacial score (nSPS) is 18.3. The van der Waals surface area contributed by atoms with Crippen LogP contribution in [0, 0.1) is 11.6 Å². The van der Waals surface area contributed by atoms with Crippen molar-refractivity contribution in [1.82, 2.24) is 9.71 Å². The summed E-state index contributed by atoms with van der Waals surface area (Å²) in [4.78, 5) is 5.19. The number of anilines is 1. The average molecular weight is 339 g/mol. The molecule has 1 aliphatic rings. The van der Waals surface area contributed by atoms with E-state index in [0.29, 0.717) is 19.5 Å². The quantitative estimate of drug-likeness (QED) is 0.924. The lowest BCUT2D eigenvalue weighted by molar-refractivity contribution is 0.507. The SMILES string of the molecule is O=S(=O)(NC1CCN(c2ccccn2)C1)c1c(F)cccc1F. The first-order valence-corrected chi connectivity index (χ1v) is 8.58. The molecule has 1 aliphatic heterocycles. The highest BCUT2D eigenvalue weighted by molar-refractivity contribution is 7.89. The van der Waals surface area contributed by atoms with Crippen molar-refractivity contribution in [1.29, 1.82) is 0 Å². The summed E-state index contributed by atoms with van der Waals surface area (Å²) in [5.74, 6) is -1.46. The van der Waals surface area contributed by atoms with Crippen molar-refractivity contribution in [3.8, 4) is 0 Å². The Morgan fingerprint density at radius 1 is 1.13 bits per heavy atom. The van der Waals surface area contributed by atoms with Crippen molar-refractivity contribution in [3.63, 3.8) is 0 Å². The number of nitrogens with zero attached hydrogens (tertiary/aromatic N) is 2. The molecule has 1 unspecified atom stereocenters. The number of hydrogen-bond acceptors (Lipinski definition) is 4. The van der Waals surface area contributed by atoms with Gasteiger partial charge in [0, 0.05) is 25.3 Å². The van der Waals surface area contributed by atoms with Gasteiger partial charge in [0.2, 0.25) is 10.0 Å².